The van der Waals surface area contributed by atoms with E-state index in [4.69, 9.17) is 11.6 Å². The number of ketones is 1. The second-order valence-electron chi connectivity index (χ2n) is 6.51. The lowest BCUT2D eigenvalue weighted by molar-refractivity contribution is -0.387. The molecule has 0 aliphatic rings. The Kier molecular flexibility index (Phi) is 6.79. The molecule has 0 aromatic heterocycles. The first-order valence-electron chi connectivity index (χ1n) is 8.95. The molecule has 0 heterocycles. The molecule has 0 spiro atoms. The van der Waals surface area contributed by atoms with Crippen molar-refractivity contribution in [2.24, 2.45) is 0 Å². The average molecular weight is 463 g/mol. The maximum Gasteiger partial charge on any atom is 0.289 e. The van der Waals surface area contributed by atoms with Gasteiger partial charge in [-0.25, -0.2) is 17.5 Å². The number of rotatable bonds is 8. The summed E-state index contributed by atoms with van der Waals surface area (Å²) in [5.74, 6) is -1.18. The summed E-state index contributed by atoms with van der Waals surface area (Å²) in [6, 6.07) is 16.4. The molecule has 0 bridgehead atoms. The molecular formula is C21H16ClFN2O5S. The predicted molar refractivity (Wildman–Crippen MR) is 113 cm³/mol. The van der Waals surface area contributed by atoms with E-state index in [0.717, 1.165) is 24.3 Å². The summed E-state index contributed by atoms with van der Waals surface area (Å²) in [4.78, 5) is 22.8. The smallest absolute Gasteiger partial charge is 0.289 e. The van der Waals surface area contributed by atoms with Crippen molar-refractivity contribution in [3.63, 3.8) is 0 Å². The zero-order chi connectivity index (χ0) is 22.6. The fourth-order valence-corrected chi connectivity index (χ4v) is 4.77. The highest BCUT2D eigenvalue weighted by molar-refractivity contribution is 7.89. The number of Topliss-reactive ketones (excluding diaryl/α,β-unsaturated/α-hetero) is 1. The Hall–Kier alpha value is -3.14. The molecule has 0 radical (unpaired) electrons. The molecule has 10 heteroatoms. The molecule has 7 nitrogen and oxygen atoms in total. The van der Waals surface area contributed by atoms with E-state index in [1.807, 2.05) is 0 Å². The minimum atomic E-state index is -4.44. The maximum absolute atomic E-state index is 13.2. The van der Waals surface area contributed by atoms with Gasteiger partial charge in [-0.2, -0.15) is 0 Å². The minimum Gasteiger partial charge on any atom is -0.292 e. The lowest BCUT2D eigenvalue weighted by Gasteiger charge is -2.23. The third-order valence-electron chi connectivity index (χ3n) is 4.46. The van der Waals surface area contributed by atoms with Crippen LogP contribution in [0.3, 0.4) is 0 Å². The van der Waals surface area contributed by atoms with Crippen molar-refractivity contribution in [2.75, 3.05) is 0 Å². The molecule has 3 aromatic rings. The third-order valence-corrected chi connectivity index (χ3v) is 6.40. The number of carbonyl (C=O) groups excluding carboxylic acids is 1. The second-order valence-corrected chi connectivity index (χ2v) is 8.66. The van der Waals surface area contributed by atoms with E-state index in [9.17, 15) is 27.7 Å². The second kappa shape index (κ2) is 9.34. The highest BCUT2D eigenvalue weighted by Gasteiger charge is 2.34. The predicted octanol–water partition coefficient (Wildman–Crippen LogP) is 4.24. The Labute approximate surface area is 182 Å². The fraction of sp³-hybridized carbons (Fsp3) is 0.0952. The van der Waals surface area contributed by atoms with Crippen molar-refractivity contribution >= 4 is 33.1 Å². The van der Waals surface area contributed by atoms with Crippen LogP contribution in [0.1, 0.15) is 22.0 Å². The van der Waals surface area contributed by atoms with Gasteiger partial charge in [0.1, 0.15) is 11.2 Å². The van der Waals surface area contributed by atoms with Gasteiger partial charge in [-0.3, -0.25) is 14.9 Å². The maximum atomic E-state index is 13.2. The third kappa shape index (κ3) is 5.13. The van der Waals surface area contributed by atoms with E-state index in [1.54, 1.807) is 30.3 Å². The normalized spacial score (nSPS) is 13.4. The number of carbonyl (C=O) groups is 1. The molecule has 160 valence electrons. The minimum absolute atomic E-state index is 0.0900. The first kappa shape index (κ1) is 22.5. The van der Waals surface area contributed by atoms with E-state index in [1.165, 1.54) is 24.3 Å². The number of nitrogens with one attached hydrogen (secondary N) is 1. The Morgan fingerprint density at radius 3 is 2.16 bits per heavy atom. The fourth-order valence-electron chi connectivity index (χ4n) is 2.95. The largest absolute Gasteiger partial charge is 0.292 e. The van der Waals surface area contributed by atoms with Crippen molar-refractivity contribution < 1.29 is 22.5 Å². The summed E-state index contributed by atoms with van der Waals surface area (Å²) in [5, 5.41) is 9.87. The van der Waals surface area contributed by atoms with Crippen LogP contribution >= 0.6 is 11.6 Å². The summed E-state index contributed by atoms with van der Waals surface area (Å²) in [6.45, 7) is 0. The molecule has 3 rings (SSSR count). The molecule has 0 unspecified atom stereocenters. The summed E-state index contributed by atoms with van der Waals surface area (Å²) >= 11 is 6.40. The molecule has 1 N–H and O–H groups in total. The quantitative estimate of drug-likeness (QED) is 0.233. The lowest BCUT2D eigenvalue weighted by Crippen LogP contribution is -2.38. The highest BCUT2D eigenvalue weighted by atomic mass is 35.5. The molecule has 2 atom stereocenters. The zero-order valence-corrected chi connectivity index (χ0v) is 17.4. The molecule has 0 fully saturated rings. The van der Waals surface area contributed by atoms with Crippen molar-refractivity contribution in [1.29, 1.82) is 0 Å². The number of halogens is 2. The van der Waals surface area contributed by atoms with Crippen LogP contribution in [0, 0.1) is 15.9 Å². The molecule has 0 aliphatic heterocycles. The van der Waals surface area contributed by atoms with Crippen LogP contribution in [0.4, 0.5) is 10.1 Å². The van der Waals surface area contributed by atoms with Gasteiger partial charge >= 0.3 is 0 Å². The van der Waals surface area contributed by atoms with Crippen LogP contribution in [0.2, 0.25) is 0 Å². The summed E-state index contributed by atoms with van der Waals surface area (Å²) in [5.41, 5.74) is -0.148. The highest BCUT2D eigenvalue weighted by Crippen LogP contribution is 2.29. The summed E-state index contributed by atoms with van der Waals surface area (Å²) < 4.78 is 41.5. The standard InChI is InChI=1S/C21H16ClFN2O5S/c22-19(21(26)15-10-12-16(23)13-11-15)20(14-6-2-1-3-7-14)24-31(29,30)18-9-5-4-8-17(18)25(27)28/h1-13,19-20,24H/t19-,20-/m1/s1. The molecule has 0 saturated carbocycles. The molecule has 0 amide bonds. The number of nitrogens with zero attached hydrogens (tertiary/aromatic N) is 1. The van der Waals surface area contributed by atoms with Gasteiger partial charge in [0.05, 0.1) is 11.0 Å². The number of hydrogen-bond acceptors (Lipinski definition) is 5. The Morgan fingerprint density at radius 2 is 1.55 bits per heavy atom. The van der Waals surface area contributed by atoms with Crippen LogP contribution in [0.15, 0.2) is 83.8 Å². The van der Waals surface area contributed by atoms with Crippen molar-refractivity contribution in [3.8, 4) is 0 Å². The summed E-state index contributed by atoms with van der Waals surface area (Å²) in [6.07, 6.45) is 0. The van der Waals surface area contributed by atoms with Gasteiger partial charge in [-0.15, -0.1) is 11.6 Å². The average Bonchev–Trinajstić information content (AvgIpc) is 2.77. The van der Waals surface area contributed by atoms with Crippen LogP contribution < -0.4 is 4.72 Å². The number of nitro benzene ring substituents is 1. The van der Waals surface area contributed by atoms with Crippen LogP contribution in [-0.2, 0) is 10.0 Å². The number of alkyl halides is 1. The zero-order valence-electron chi connectivity index (χ0n) is 15.8. The van der Waals surface area contributed by atoms with Gasteiger partial charge < -0.3 is 0 Å². The van der Waals surface area contributed by atoms with E-state index in [2.05, 4.69) is 4.72 Å². The van der Waals surface area contributed by atoms with Gasteiger partial charge in [0, 0.05) is 11.6 Å². The molecule has 0 aliphatic carbocycles. The Bertz CT molecular complexity index is 1200. The molecule has 0 saturated heterocycles. The van der Waals surface area contributed by atoms with Crippen molar-refractivity contribution in [1.82, 2.24) is 4.72 Å². The lowest BCUT2D eigenvalue weighted by atomic mass is 9.98. The first-order valence-corrected chi connectivity index (χ1v) is 10.9. The van der Waals surface area contributed by atoms with Crippen molar-refractivity contribution in [2.45, 2.75) is 16.3 Å². The van der Waals surface area contributed by atoms with E-state index >= 15 is 0 Å². The van der Waals surface area contributed by atoms with Gasteiger partial charge in [-0.1, -0.05) is 42.5 Å². The summed E-state index contributed by atoms with van der Waals surface area (Å²) in [7, 11) is -4.44. The van der Waals surface area contributed by atoms with Crippen LogP contribution in [-0.4, -0.2) is 24.5 Å². The Morgan fingerprint density at radius 1 is 0.968 bits per heavy atom. The number of nitro groups is 1. The number of benzene rings is 3. The van der Waals surface area contributed by atoms with Crippen LogP contribution in [0.5, 0.6) is 0 Å². The van der Waals surface area contributed by atoms with Gasteiger partial charge in [0.15, 0.2) is 10.7 Å². The van der Waals surface area contributed by atoms with Crippen LogP contribution in [0.25, 0.3) is 0 Å². The molecule has 31 heavy (non-hydrogen) atoms. The van der Waals surface area contributed by atoms with Crippen molar-refractivity contribution in [3.05, 3.63) is 106 Å². The van der Waals surface area contributed by atoms with Gasteiger partial charge in [-0.05, 0) is 35.9 Å². The first-order chi connectivity index (χ1) is 14.7. The number of hydrogen-bond donors (Lipinski definition) is 1. The molecule has 3 aromatic carbocycles. The monoisotopic (exact) mass is 462 g/mol. The number of para-hydroxylation sites is 1. The van der Waals surface area contributed by atoms with E-state index < -0.39 is 48.5 Å². The van der Waals surface area contributed by atoms with Gasteiger partial charge in [0.2, 0.25) is 10.0 Å². The molecular weight excluding hydrogens is 447 g/mol. The Balaban J connectivity index is 2.02. The number of sulfonamides is 1. The topological polar surface area (TPSA) is 106 Å². The SMILES string of the molecule is O=C(c1ccc(F)cc1)[C@H](Cl)[C@H](NS(=O)(=O)c1ccccc1[N+](=O)[O-])c1ccccc1. The van der Waals surface area contributed by atoms with Gasteiger partial charge in [0.25, 0.3) is 5.69 Å². The van der Waals surface area contributed by atoms with E-state index in [0.29, 0.717) is 5.56 Å². The van der Waals surface area contributed by atoms with E-state index in [-0.39, 0.29) is 5.56 Å².